The van der Waals surface area contributed by atoms with Gasteiger partial charge in [0.15, 0.2) is 0 Å². The van der Waals surface area contributed by atoms with Crippen molar-refractivity contribution in [2.45, 2.75) is 57.3 Å². The molecular weight excluding hydrogens is 241 g/mol. The minimum absolute atomic E-state index is 0.369. The molecule has 1 aliphatic heterocycles. The fourth-order valence-electron chi connectivity index (χ4n) is 2.24. The number of hydrogen-bond donors (Lipinski definition) is 1. The molecule has 0 aromatic carbocycles. The van der Waals surface area contributed by atoms with Crippen LogP contribution in [0.1, 0.15) is 46.1 Å². The van der Waals surface area contributed by atoms with Gasteiger partial charge in [0.1, 0.15) is 0 Å². The van der Waals surface area contributed by atoms with E-state index in [1.165, 1.54) is 0 Å². The van der Waals surface area contributed by atoms with Gasteiger partial charge < -0.3 is 14.4 Å². The minimum atomic E-state index is -0.651. The van der Waals surface area contributed by atoms with Gasteiger partial charge in [-0.1, -0.05) is 0 Å². The van der Waals surface area contributed by atoms with E-state index >= 15 is 0 Å². The van der Waals surface area contributed by atoms with Gasteiger partial charge in [0.05, 0.1) is 22.4 Å². The van der Waals surface area contributed by atoms with E-state index in [0.717, 1.165) is 24.0 Å². The van der Waals surface area contributed by atoms with Crippen LogP contribution in [0, 0.1) is 0 Å². The smallest absolute Gasteiger partial charge is 0.398 e. The molecule has 1 aromatic rings. The Morgan fingerprint density at radius 1 is 1.16 bits per heavy atom. The molecule has 1 saturated heterocycles. The lowest BCUT2D eigenvalue weighted by atomic mass is 9.83. The van der Waals surface area contributed by atoms with Crippen LogP contribution in [0.5, 0.6) is 0 Å². The van der Waals surface area contributed by atoms with Gasteiger partial charge in [0.25, 0.3) is 0 Å². The Morgan fingerprint density at radius 2 is 1.74 bits per heavy atom. The van der Waals surface area contributed by atoms with Crippen LogP contribution in [0.2, 0.25) is 0 Å². The van der Waals surface area contributed by atoms with E-state index in [1.807, 2.05) is 39.8 Å². The second-order valence-corrected chi connectivity index (χ2v) is 6.59. The van der Waals surface area contributed by atoms with Crippen molar-refractivity contribution in [3.8, 4) is 0 Å². The lowest BCUT2D eigenvalue weighted by molar-refractivity contribution is 0.00578. The van der Waals surface area contributed by atoms with E-state index in [-0.39, 0.29) is 11.2 Å². The molecule has 1 aromatic heterocycles. The molecule has 1 aliphatic carbocycles. The third kappa shape index (κ3) is 2.10. The van der Waals surface area contributed by atoms with Crippen molar-refractivity contribution in [3.05, 3.63) is 23.9 Å². The average Bonchev–Trinajstić information content (AvgIpc) is 3.02. The van der Waals surface area contributed by atoms with Crippen molar-refractivity contribution >= 4 is 12.7 Å². The minimum Gasteiger partial charge on any atom is -0.398 e. The standard InChI is InChI=1S/C14H20BNO3/c1-12(2)13(3,4)19-15(18-12)11-9-10(5-8-16-11)14(17)6-7-14/h5,8-9,17H,6-7H2,1-4H3. The molecule has 2 fully saturated rings. The Labute approximate surface area is 114 Å². The summed E-state index contributed by atoms with van der Waals surface area (Å²) < 4.78 is 11.9. The molecular formula is C14H20BNO3. The fraction of sp³-hybridized carbons (Fsp3) is 0.643. The summed E-state index contributed by atoms with van der Waals surface area (Å²) in [5.74, 6) is 0. The Morgan fingerprint density at radius 3 is 2.26 bits per heavy atom. The third-order valence-corrected chi connectivity index (χ3v) is 4.54. The van der Waals surface area contributed by atoms with Crippen LogP contribution in [0.25, 0.3) is 0 Å². The van der Waals surface area contributed by atoms with E-state index in [2.05, 4.69) is 4.98 Å². The van der Waals surface area contributed by atoms with E-state index in [1.54, 1.807) is 6.20 Å². The third-order valence-electron chi connectivity index (χ3n) is 4.54. The fourth-order valence-corrected chi connectivity index (χ4v) is 2.24. The molecule has 0 bridgehead atoms. The lowest BCUT2D eigenvalue weighted by Gasteiger charge is -2.32. The van der Waals surface area contributed by atoms with Crippen LogP contribution >= 0.6 is 0 Å². The maximum atomic E-state index is 10.2. The summed E-state index contributed by atoms with van der Waals surface area (Å²) in [6.45, 7) is 8.08. The van der Waals surface area contributed by atoms with Crippen LogP contribution < -0.4 is 5.59 Å². The van der Waals surface area contributed by atoms with Crippen molar-refractivity contribution in [1.29, 1.82) is 0 Å². The lowest BCUT2D eigenvalue weighted by Crippen LogP contribution is -2.41. The molecule has 3 rings (SSSR count). The normalized spacial score (nSPS) is 26.5. The predicted molar refractivity (Wildman–Crippen MR) is 73.1 cm³/mol. The Kier molecular flexibility index (Phi) is 2.63. The van der Waals surface area contributed by atoms with E-state index < -0.39 is 12.7 Å². The molecule has 0 unspecified atom stereocenters. The Bertz CT molecular complexity index is 495. The van der Waals surface area contributed by atoms with E-state index in [9.17, 15) is 5.11 Å². The van der Waals surface area contributed by atoms with Crippen LogP contribution in [-0.4, -0.2) is 28.4 Å². The van der Waals surface area contributed by atoms with Crippen molar-refractivity contribution in [2.24, 2.45) is 0 Å². The van der Waals surface area contributed by atoms with Gasteiger partial charge in [-0.05, 0) is 58.2 Å². The zero-order valence-corrected chi connectivity index (χ0v) is 11.9. The molecule has 1 saturated carbocycles. The molecule has 0 atom stereocenters. The van der Waals surface area contributed by atoms with Crippen molar-refractivity contribution < 1.29 is 14.4 Å². The van der Waals surface area contributed by atoms with Gasteiger partial charge in [0, 0.05) is 6.20 Å². The quantitative estimate of drug-likeness (QED) is 0.817. The Hall–Kier alpha value is -0.905. The molecule has 5 heteroatoms. The maximum absolute atomic E-state index is 10.2. The molecule has 0 spiro atoms. The zero-order chi connectivity index (χ0) is 13.9. The first kappa shape index (κ1) is 13.1. The number of nitrogens with zero attached hydrogens (tertiary/aromatic N) is 1. The van der Waals surface area contributed by atoms with Crippen molar-refractivity contribution in [3.63, 3.8) is 0 Å². The van der Waals surface area contributed by atoms with Crippen LogP contribution in [-0.2, 0) is 14.9 Å². The summed E-state index contributed by atoms with van der Waals surface area (Å²) in [6.07, 6.45) is 3.35. The first-order valence-electron chi connectivity index (χ1n) is 6.78. The second-order valence-electron chi connectivity index (χ2n) is 6.59. The van der Waals surface area contributed by atoms with Crippen LogP contribution in [0.3, 0.4) is 0 Å². The van der Waals surface area contributed by atoms with Gasteiger partial charge in [-0.2, -0.15) is 0 Å². The van der Waals surface area contributed by atoms with Gasteiger partial charge in [0.2, 0.25) is 0 Å². The summed E-state index contributed by atoms with van der Waals surface area (Å²) >= 11 is 0. The SMILES string of the molecule is CC1(C)OB(c2cc(C3(O)CC3)ccn2)OC1(C)C. The summed E-state index contributed by atoms with van der Waals surface area (Å²) in [4.78, 5) is 4.33. The highest BCUT2D eigenvalue weighted by molar-refractivity contribution is 6.61. The number of rotatable bonds is 2. The number of aromatic nitrogens is 1. The van der Waals surface area contributed by atoms with Gasteiger partial charge in [-0.25, -0.2) is 0 Å². The molecule has 0 radical (unpaired) electrons. The van der Waals surface area contributed by atoms with E-state index in [4.69, 9.17) is 9.31 Å². The molecule has 4 nitrogen and oxygen atoms in total. The second kappa shape index (κ2) is 3.81. The summed E-state index contributed by atoms with van der Waals surface area (Å²) in [7, 11) is -0.465. The van der Waals surface area contributed by atoms with Crippen molar-refractivity contribution in [1.82, 2.24) is 4.98 Å². The molecule has 102 valence electrons. The molecule has 0 amide bonds. The highest BCUT2D eigenvalue weighted by Gasteiger charge is 2.52. The number of aliphatic hydroxyl groups is 1. The predicted octanol–water partition coefficient (Wildman–Crippen LogP) is 1.36. The number of pyridine rings is 1. The molecule has 2 aliphatic rings. The van der Waals surface area contributed by atoms with Crippen LogP contribution in [0.15, 0.2) is 18.3 Å². The topological polar surface area (TPSA) is 51.6 Å². The Balaban J connectivity index is 1.88. The largest absolute Gasteiger partial charge is 0.514 e. The molecule has 2 heterocycles. The van der Waals surface area contributed by atoms with Crippen molar-refractivity contribution in [2.75, 3.05) is 0 Å². The van der Waals surface area contributed by atoms with E-state index in [0.29, 0.717) is 0 Å². The monoisotopic (exact) mass is 261 g/mol. The summed E-state index contributed by atoms with van der Waals surface area (Å²) in [6, 6.07) is 3.76. The van der Waals surface area contributed by atoms with Gasteiger partial charge >= 0.3 is 7.12 Å². The van der Waals surface area contributed by atoms with Crippen LogP contribution in [0.4, 0.5) is 0 Å². The summed E-state index contributed by atoms with van der Waals surface area (Å²) in [5, 5.41) is 10.2. The summed E-state index contributed by atoms with van der Waals surface area (Å²) in [5.41, 5.74) is 0.252. The maximum Gasteiger partial charge on any atom is 0.514 e. The average molecular weight is 261 g/mol. The first-order valence-corrected chi connectivity index (χ1v) is 6.78. The molecule has 1 N–H and O–H groups in total. The van der Waals surface area contributed by atoms with Gasteiger partial charge in [-0.15, -0.1) is 0 Å². The highest BCUT2D eigenvalue weighted by atomic mass is 16.7. The first-order chi connectivity index (χ1) is 8.74. The number of hydrogen-bond acceptors (Lipinski definition) is 4. The zero-order valence-electron chi connectivity index (χ0n) is 11.9. The van der Waals surface area contributed by atoms with Gasteiger partial charge in [-0.3, -0.25) is 4.98 Å². The highest BCUT2D eigenvalue weighted by Crippen LogP contribution is 2.45. The molecule has 19 heavy (non-hydrogen) atoms.